The number of urea groups is 1. The van der Waals surface area contributed by atoms with Crippen LogP contribution >= 0.6 is 11.6 Å². The third-order valence-electron chi connectivity index (χ3n) is 11.3. The molecule has 0 spiro atoms. The van der Waals surface area contributed by atoms with Crippen molar-refractivity contribution in [2.24, 2.45) is 0 Å². The summed E-state index contributed by atoms with van der Waals surface area (Å²) in [6.07, 6.45) is -5.10. The summed E-state index contributed by atoms with van der Waals surface area (Å²) >= 11 is 6.13. The SMILES string of the molecule is CCCN(CCOC(=O)c1ccc(N2CCN(C(=O)[C@@H](Cc3cc(Cl)c(N)c(C(F)(F)F)c3)OC(=O)N3CCC(N4CCc5ccccc5NC4=O)CC3)CC2)cc1)C(C)=O. The fraction of sp³-hybridized carbons (Fsp3) is 0.465. The zero-order chi connectivity index (χ0) is 43.8. The van der Waals surface area contributed by atoms with Crippen LogP contribution in [0.1, 0.15) is 60.2 Å². The molecule has 3 aliphatic rings. The van der Waals surface area contributed by atoms with Crippen molar-refractivity contribution in [3.8, 4) is 0 Å². The number of nitrogens with one attached hydrogen (secondary N) is 1. The number of nitrogen functional groups attached to an aromatic ring is 1. The van der Waals surface area contributed by atoms with Crippen LogP contribution in [0.25, 0.3) is 0 Å². The van der Waals surface area contributed by atoms with Crippen LogP contribution < -0.4 is 16.0 Å². The number of hydrogen-bond donors (Lipinski definition) is 2. The van der Waals surface area contributed by atoms with E-state index in [2.05, 4.69) is 5.32 Å². The number of anilines is 3. The van der Waals surface area contributed by atoms with Crippen molar-refractivity contribution in [2.45, 2.75) is 64.3 Å². The summed E-state index contributed by atoms with van der Waals surface area (Å²) in [5.74, 6) is -1.19. The number of nitrogens with zero attached hydrogens (tertiary/aromatic N) is 5. The number of ether oxygens (including phenoxy) is 2. The van der Waals surface area contributed by atoms with Crippen molar-refractivity contribution >= 4 is 58.6 Å². The fourth-order valence-corrected chi connectivity index (χ4v) is 8.18. The van der Waals surface area contributed by atoms with Crippen molar-refractivity contribution in [2.75, 3.05) is 81.5 Å². The van der Waals surface area contributed by atoms with E-state index in [9.17, 15) is 37.1 Å². The fourth-order valence-electron chi connectivity index (χ4n) is 7.94. The lowest BCUT2D eigenvalue weighted by Gasteiger charge is -2.39. The van der Waals surface area contributed by atoms with Gasteiger partial charge in [0.25, 0.3) is 5.91 Å². The number of esters is 1. The van der Waals surface area contributed by atoms with E-state index >= 15 is 0 Å². The maximum Gasteiger partial charge on any atom is 0.418 e. The summed E-state index contributed by atoms with van der Waals surface area (Å²) in [6.45, 7) is 6.53. The predicted octanol–water partition coefficient (Wildman–Crippen LogP) is 6.31. The van der Waals surface area contributed by atoms with Crippen molar-refractivity contribution < 1.29 is 46.6 Å². The number of nitrogens with two attached hydrogens (primary N) is 1. The normalized spacial score (nSPS) is 16.6. The smallest absolute Gasteiger partial charge is 0.418 e. The number of alkyl halides is 3. The van der Waals surface area contributed by atoms with Crippen LogP contribution in [0.3, 0.4) is 0 Å². The Kier molecular flexibility index (Phi) is 14.5. The molecule has 18 heteroatoms. The third-order valence-corrected chi connectivity index (χ3v) is 11.6. The molecule has 0 radical (unpaired) electrons. The molecule has 0 bridgehead atoms. The van der Waals surface area contributed by atoms with Gasteiger partial charge < -0.3 is 45.0 Å². The second-order valence-electron chi connectivity index (χ2n) is 15.4. The highest BCUT2D eigenvalue weighted by Crippen LogP contribution is 2.38. The average Bonchev–Trinajstić information content (AvgIpc) is 3.41. The Morgan fingerprint density at radius 1 is 0.934 bits per heavy atom. The molecule has 3 aliphatic heterocycles. The lowest BCUT2D eigenvalue weighted by molar-refractivity contribution is -0.141. The molecule has 0 unspecified atom stereocenters. The summed E-state index contributed by atoms with van der Waals surface area (Å²) < 4.78 is 53.0. The van der Waals surface area contributed by atoms with Crippen LogP contribution in [-0.4, -0.2) is 127 Å². The lowest BCUT2D eigenvalue weighted by atomic mass is 10.0. The van der Waals surface area contributed by atoms with Gasteiger partial charge in [-0.1, -0.05) is 36.7 Å². The van der Waals surface area contributed by atoms with Gasteiger partial charge in [-0.25, -0.2) is 14.4 Å². The number of fused-ring (bicyclic) bond motifs is 1. The van der Waals surface area contributed by atoms with Gasteiger partial charge in [0.2, 0.25) is 5.91 Å². The minimum Gasteiger partial charge on any atom is -0.460 e. The molecule has 6 rings (SSSR count). The first-order valence-corrected chi connectivity index (χ1v) is 20.8. The number of rotatable bonds is 12. The van der Waals surface area contributed by atoms with Gasteiger partial charge in [0.15, 0.2) is 6.10 Å². The quantitative estimate of drug-likeness (QED) is 0.157. The molecule has 0 saturated carbocycles. The van der Waals surface area contributed by atoms with Crippen LogP contribution in [0, 0.1) is 0 Å². The van der Waals surface area contributed by atoms with E-state index in [1.54, 1.807) is 34.1 Å². The number of hydrogen-bond acceptors (Lipinski definition) is 9. The van der Waals surface area contributed by atoms with Gasteiger partial charge in [-0.2, -0.15) is 13.2 Å². The van der Waals surface area contributed by atoms with E-state index in [4.69, 9.17) is 26.8 Å². The molecule has 0 aromatic heterocycles. The Bertz CT molecular complexity index is 2070. The van der Waals surface area contributed by atoms with Crippen molar-refractivity contribution in [3.05, 3.63) is 87.9 Å². The highest BCUT2D eigenvalue weighted by molar-refractivity contribution is 6.33. The topological polar surface area (TPSA) is 158 Å². The number of para-hydroxylation sites is 1. The molecule has 5 amide bonds. The van der Waals surface area contributed by atoms with Gasteiger partial charge in [-0.15, -0.1) is 0 Å². The van der Waals surface area contributed by atoms with E-state index in [1.807, 2.05) is 36.1 Å². The standard InChI is InChI=1S/C43H51ClF3N7O7/c1-3-15-50(28(2)55)23-24-60-40(57)31-8-10-32(11-9-31)51-19-21-52(22-20-51)39(56)37(27-29-25-34(43(45,46)47)38(48)35(44)26-29)61-42(59)53-16-13-33(14-17-53)54-18-12-30-6-4-5-7-36(30)49-41(54)58/h4-11,25-26,33,37H,3,12-24,27,48H2,1-2H3,(H,49,58)/t37-/m1/s1. The van der Waals surface area contributed by atoms with Crippen LogP contribution in [0.5, 0.6) is 0 Å². The Labute approximate surface area is 357 Å². The molecule has 3 heterocycles. The monoisotopic (exact) mass is 869 g/mol. The van der Waals surface area contributed by atoms with Gasteiger partial charge in [0.05, 0.1) is 28.4 Å². The Morgan fingerprint density at radius 3 is 2.28 bits per heavy atom. The summed E-state index contributed by atoms with van der Waals surface area (Å²) in [7, 11) is 0. The highest BCUT2D eigenvalue weighted by atomic mass is 35.5. The summed E-state index contributed by atoms with van der Waals surface area (Å²) in [5.41, 5.74) is 6.81. The molecule has 61 heavy (non-hydrogen) atoms. The number of amides is 5. The van der Waals surface area contributed by atoms with Crippen LogP contribution in [0.15, 0.2) is 60.7 Å². The molecule has 0 aliphatic carbocycles. The first-order valence-electron chi connectivity index (χ1n) is 20.5. The van der Waals surface area contributed by atoms with Gasteiger partial charge >= 0.3 is 24.3 Å². The number of likely N-dealkylation sites (tertiary alicyclic amines) is 1. The highest BCUT2D eigenvalue weighted by Gasteiger charge is 2.38. The van der Waals surface area contributed by atoms with Crippen LogP contribution in [-0.2, 0) is 38.1 Å². The van der Waals surface area contributed by atoms with E-state index in [-0.39, 0.29) is 67.8 Å². The van der Waals surface area contributed by atoms with Crippen molar-refractivity contribution in [1.82, 2.24) is 19.6 Å². The zero-order valence-electron chi connectivity index (χ0n) is 34.2. The first kappa shape index (κ1) is 44.8. The molecule has 3 aromatic carbocycles. The predicted molar refractivity (Wildman–Crippen MR) is 223 cm³/mol. The number of carbonyl (C=O) groups excluding carboxylic acids is 5. The van der Waals surface area contributed by atoms with Gasteiger partial charge in [0, 0.05) is 83.1 Å². The number of piperidine rings is 1. The second kappa shape index (κ2) is 19.8. The minimum atomic E-state index is -4.82. The Hall–Kier alpha value is -5.71. The van der Waals surface area contributed by atoms with E-state index < -0.39 is 41.5 Å². The second-order valence-corrected chi connectivity index (χ2v) is 15.8. The van der Waals surface area contributed by atoms with Crippen molar-refractivity contribution in [3.63, 3.8) is 0 Å². The van der Waals surface area contributed by atoms with Crippen LogP contribution in [0.4, 0.5) is 39.8 Å². The number of piperazine rings is 1. The molecule has 3 N–H and O–H groups in total. The Morgan fingerprint density at radius 2 is 1.62 bits per heavy atom. The first-order chi connectivity index (χ1) is 29.1. The summed E-state index contributed by atoms with van der Waals surface area (Å²) in [6, 6.07) is 16.1. The maximum absolute atomic E-state index is 14.1. The Balaban J connectivity index is 1.08. The zero-order valence-corrected chi connectivity index (χ0v) is 35.0. The molecule has 328 valence electrons. The largest absolute Gasteiger partial charge is 0.460 e. The van der Waals surface area contributed by atoms with Gasteiger partial charge in [0.1, 0.15) is 6.61 Å². The van der Waals surface area contributed by atoms with Crippen LogP contribution in [0.2, 0.25) is 5.02 Å². The molecule has 2 fully saturated rings. The number of halogens is 4. The molecular formula is C43H51ClF3N7O7. The molecule has 3 aromatic rings. The molecule has 2 saturated heterocycles. The summed E-state index contributed by atoms with van der Waals surface area (Å²) in [4.78, 5) is 73.8. The third kappa shape index (κ3) is 11.2. The van der Waals surface area contributed by atoms with Crippen molar-refractivity contribution in [1.29, 1.82) is 0 Å². The van der Waals surface area contributed by atoms with Gasteiger partial charge in [-0.3, -0.25) is 9.59 Å². The minimum absolute atomic E-state index is 0.0129. The molecule has 14 nitrogen and oxygen atoms in total. The van der Waals surface area contributed by atoms with Gasteiger partial charge in [-0.05, 0) is 79.3 Å². The van der Waals surface area contributed by atoms with E-state index in [0.29, 0.717) is 57.5 Å². The lowest BCUT2D eigenvalue weighted by Crippen LogP contribution is -2.54. The maximum atomic E-state index is 14.1. The molecule has 1 atom stereocenters. The van der Waals surface area contributed by atoms with E-state index in [1.165, 1.54) is 22.8 Å². The van der Waals surface area contributed by atoms with E-state index in [0.717, 1.165) is 29.4 Å². The summed E-state index contributed by atoms with van der Waals surface area (Å²) in [5, 5.41) is 2.63. The average molecular weight is 870 g/mol. The number of carbonyl (C=O) groups is 5. The number of benzene rings is 3. The molecular weight excluding hydrogens is 819 g/mol.